The van der Waals surface area contributed by atoms with Gasteiger partial charge >= 0.3 is 0 Å². The molecule has 1 amide bonds. The summed E-state index contributed by atoms with van der Waals surface area (Å²) in [6.45, 7) is 6.01. The number of rotatable bonds is 8. The fraction of sp³-hybridized carbons (Fsp3) is 0.500. The summed E-state index contributed by atoms with van der Waals surface area (Å²) in [5.41, 5.74) is 0.733. The van der Waals surface area contributed by atoms with Crippen LogP contribution in [0.25, 0.3) is 0 Å². The van der Waals surface area contributed by atoms with Crippen molar-refractivity contribution < 1.29 is 19.1 Å². The van der Waals surface area contributed by atoms with E-state index in [2.05, 4.69) is 13.8 Å². The van der Waals surface area contributed by atoms with Gasteiger partial charge in [0.05, 0.1) is 11.6 Å². The Labute approximate surface area is 148 Å². The molecule has 0 saturated heterocycles. The van der Waals surface area contributed by atoms with E-state index in [1.165, 1.54) is 19.1 Å². The average Bonchev–Trinajstić information content (AvgIpc) is 2.84. The van der Waals surface area contributed by atoms with Gasteiger partial charge in [-0.25, -0.2) is 4.39 Å². The van der Waals surface area contributed by atoms with Gasteiger partial charge in [-0.3, -0.25) is 9.59 Å². The second kappa shape index (κ2) is 8.28. The van der Waals surface area contributed by atoms with E-state index in [1.807, 2.05) is 0 Å². The Bertz CT molecular complexity index is 666. The van der Waals surface area contributed by atoms with Crippen LogP contribution in [0.15, 0.2) is 35.6 Å². The zero-order valence-corrected chi connectivity index (χ0v) is 15.1. The number of carbonyl (C=O) groups excluding carboxylic acids is 2. The van der Waals surface area contributed by atoms with Crippen LogP contribution in [0.5, 0.6) is 0 Å². The van der Waals surface area contributed by atoms with E-state index in [9.17, 15) is 19.1 Å². The summed E-state index contributed by atoms with van der Waals surface area (Å²) in [4.78, 5) is 26.2. The Morgan fingerprint density at radius 1 is 1.28 bits per heavy atom. The van der Waals surface area contributed by atoms with Crippen LogP contribution in [0.2, 0.25) is 0 Å². The molecular formula is C20H26FNO3. The van der Waals surface area contributed by atoms with Gasteiger partial charge in [0.2, 0.25) is 0 Å². The number of aliphatic hydroxyl groups excluding tert-OH is 1. The van der Waals surface area contributed by atoms with Crippen LogP contribution in [0.3, 0.4) is 0 Å². The second-order valence-electron chi connectivity index (χ2n) is 6.65. The number of amides is 1. The van der Waals surface area contributed by atoms with Crippen molar-refractivity contribution in [2.75, 3.05) is 6.54 Å². The molecular weight excluding hydrogens is 321 g/mol. The second-order valence-corrected chi connectivity index (χ2v) is 6.65. The maximum absolute atomic E-state index is 13.3. The van der Waals surface area contributed by atoms with E-state index in [-0.39, 0.29) is 17.2 Å². The van der Waals surface area contributed by atoms with Gasteiger partial charge in [0.15, 0.2) is 11.5 Å². The highest BCUT2D eigenvalue weighted by Gasteiger charge is 2.42. The molecule has 1 aliphatic rings. The fourth-order valence-electron chi connectivity index (χ4n) is 3.39. The number of hydrogen-bond acceptors (Lipinski definition) is 3. The standard InChI is InChI=1S/C20H26FNO3/c1-4-6-7-14(5-2)12-22-18(15-8-10-16(21)11-9-15)17(13(3)23)19(24)20(22)25/h8-11,14,18,24H,4-7,12H2,1-3H3/t14-,18-/m0/s1. The van der Waals surface area contributed by atoms with E-state index in [1.54, 1.807) is 17.0 Å². The highest BCUT2D eigenvalue weighted by atomic mass is 19.1. The molecule has 0 radical (unpaired) electrons. The van der Waals surface area contributed by atoms with E-state index < -0.39 is 17.7 Å². The topological polar surface area (TPSA) is 57.6 Å². The van der Waals surface area contributed by atoms with E-state index in [0.717, 1.165) is 25.7 Å². The van der Waals surface area contributed by atoms with Gasteiger partial charge in [0.1, 0.15) is 5.82 Å². The third kappa shape index (κ3) is 4.09. The number of hydrogen-bond donors (Lipinski definition) is 1. The molecule has 2 rings (SSSR count). The Kier molecular flexibility index (Phi) is 6.34. The van der Waals surface area contributed by atoms with E-state index >= 15 is 0 Å². The summed E-state index contributed by atoms with van der Waals surface area (Å²) in [5.74, 6) is -1.43. The minimum atomic E-state index is -0.652. The molecule has 2 atom stereocenters. The van der Waals surface area contributed by atoms with Crippen molar-refractivity contribution in [1.82, 2.24) is 4.90 Å². The first kappa shape index (κ1) is 19.2. The van der Waals surface area contributed by atoms with Gasteiger partial charge in [-0.05, 0) is 37.0 Å². The summed E-state index contributed by atoms with van der Waals surface area (Å²) in [6, 6.07) is 5.09. The smallest absolute Gasteiger partial charge is 0.290 e. The lowest BCUT2D eigenvalue weighted by Crippen LogP contribution is -2.35. The molecule has 1 heterocycles. The monoisotopic (exact) mass is 347 g/mol. The van der Waals surface area contributed by atoms with Crippen LogP contribution in [0.1, 0.15) is 58.1 Å². The molecule has 1 aromatic carbocycles. The van der Waals surface area contributed by atoms with E-state index in [0.29, 0.717) is 18.0 Å². The zero-order valence-electron chi connectivity index (χ0n) is 15.1. The molecule has 1 aliphatic heterocycles. The van der Waals surface area contributed by atoms with Crippen LogP contribution in [-0.2, 0) is 9.59 Å². The number of unbranched alkanes of at least 4 members (excludes halogenated alkanes) is 1. The molecule has 0 spiro atoms. The number of carbonyl (C=O) groups is 2. The van der Waals surface area contributed by atoms with Gasteiger partial charge in [0, 0.05) is 6.54 Å². The van der Waals surface area contributed by atoms with Gasteiger partial charge in [-0.15, -0.1) is 0 Å². The predicted molar refractivity (Wildman–Crippen MR) is 94.5 cm³/mol. The molecule has 0 aliphatic carbocycles. The summed E-state index contributed by atoms with van der Waals surface area (Å²) in [7, 11) is 0. The van der Waals surface area contributed by atoms with Crippen molar-refractivity contribution in [3.63, 3.8) is 0 Å². The minimum Gasteiger partial charge on any atom is -0.503 e. The van der Waals surface area contributed by atoms with Crippen LogP contribution in [-0.4, -0.2) is 28.2 Å². The van der Waals surface area contributed by atoms with Crippen molar-refractivity contribution in [2.45, 2.75) is 52.5 Å². The van der Waals surface area contributed by atoms with Crippen LogP contribution >= 0.6 is 0 Å². The summed E-state index contributed by atoms with van der Waals surface area (Å²) in [5, 5.41) is 10.2. The number of halogens is 1. The SMILES string of the molecule is CCCC[C@H](CC)CN1C(=O)C(O)=C(C(C)=O)[C@@H]1c1ccc(F)cc1. The first-order valence-corrected chi connectivity index (χ1v) is 8.91. The van der Waals surface area contributed by atoms with Crippen molar-refractivity contribution in [2.24, 2.45) is 5.92 Å². The van der Waals surface area contributed by atoms with Gasteiger partial charge in [-0.2, -0.15) is 0 Å². The zero-order chi connectivity index (χ0) is 18.6. The highest BCUT2D eigenvalue weighted by molar-refractivity contribution is 6.08. The molecule has 0 saturated carbocycles. The number of benzene rings is 1. The Balaban J connectivity index is 2.37. The highest BCUT2D eigenvalue weighted by Crippen LogP contribution is 2.38. The molecule has 0 unspecified atom stereocenters. The number of Topliss-reactive ketones (excluding diaryl/α,β-unsaturated/α-hetero) is 1. The molecule has 1 N–H and O–H groups in total. The lowest BCUT2D eigenvalue weighted by molar-refractivity contribution is -0.130. The summed E-state index contributed by atoms with van der Waals surface area (Å²) in [6.07, 6.45) is 4.05. The number of aliphatic hydroxyl groups is 1. The van der Waals surface area contributed by atoms with Crippen molar-refractivity contribution in [1.29, 1.82) is 0 Å². The first-order valence-electron chi connectivity index (χ1n) is 8.91. The van der Waals surface area contributed by atoms with E-state index in [4.69, 9.17) is 0 Å². The molecule has 1 aromatic rings. The fourth-order valence-corrected chi connectivity index (χ4v) is 3.39. The lowest BCUT2D eigenvalue weighted by atomic mass is 9.94. The molecule has 4 nitrogen and oxygen atoms in total. The Morgan fingerprint density at radius 2 is 1.92 bits per heavy atom. The van der Waals surface area contributed by atoms with Crippen LogP contribution in [0.4, 0.5) is 4.39 Å². The number of ketones is 1. The summed E-state index contributed by atoms with van der Waals surface area (Å²) < 4.78 is 13.3. The first-order chi connectivity index (χ1) is 11.9. The van der Waals surface area contributed by atoms with Gasteiger partial charge in [-0.1, -0.05) is 45.2 Å². The van der Waals surface area contributed by atoms with Crippen LogP contribution in [0, 0.1) is 11.7 Å². The Hall–Kier alpha value is -2.17. The van der Waals surface area contributed by atoms with Crippen molar-refractivity contribution in [3.05, 3.63) is 47.0 Å². The predicted octanol–water partition coefficient (Wildman–Crippen LogP) is 4.33. The molecule has 136 valence electrons. The quantitative estimate of drug-likeness (QED) is 0.761. The average molecular weight is 347 g/mol. The minimum absolute atomic E-state index is 0.0990. The maximum atomic E-state index is 13.3. The Morgan fingerprint density at radius 3 is 2.44 bits per heavy atom. The van der Waals surface area contributed by atoms with Crippen LogP contribution < -0.4 is 0 Å². The van der Waals surface area contributed by atoms with Crippen molar-refractivity contribution >= 4 is 11.7 Å². The third-order valence-electron chi connectivity index (χ3n) is 4.87. The molecule has 0 bridgehead atoms. The lowest BCUT2D eigenvalue weighted by Gasteiger charge is -2.30. The maximum Gasteiger partial charge on any atom is 0.290 e. The van der Waals surface area contributed by atoms with Gasteiger partial charge < -0.3 is 10.0 Å². The normalized spacial score (nSPS) is 18.8. The number of nitrogens with zero attached hydrogens (tertiary/aromatic N) is 1. The summed E-state index contributed by atoms with van der Waals surface area (Å²) >= 11 is 0. The van der Waals surface area contributed by atoms with Crippen molar-refractivity contribution in [3.8, 4) is 0 Å². The molecule has 0 aromatic heterocycles. The molecule has 5 heteroatoms. The molecule has 25 heavy (non-hydrogen) atoms. The largest absolute Gasteiger partial charge is 0.503 e. The molecule has 0 fully saturated rings. The van der Waals surface area contributed by atoms with Gasteiger partial charge in [0.25, 0.3) is 5.91 Å². The third-order valence-corrected chi connectivity index (χ3v) is 4.87.